The van der Waals surface area contributed by atoms with E-state index in [1.54, 1.807) is 0 Å². The fourth-order valence-corrected chi connectivity index (χ4v) is 5.04. The Kier molecular flexibility index (Phi) is 15.8. The molecule has 0 bridgehead atoms. The molecule has 2 rings (SSSR count). The fourth-order valence-electron chi connectivity index (χ4n) is 5.04. The third-order valence-electron chi connectivity index (χ3n) is 6.43. The zero-order valence-corrected chi connectivity index (χ0v) is 31.7. The van der Waals surface area contributed by atoms with E-state index < -0.39 is 89.4 Å². The molecule has 10 atom stereocenters. The second-order valence-corrected chi connectivity index (χ2v) is 17.2. The van der Waals surface area contributed by atoms with Crippen molar-refractivity contribution in [3.63, 3.8) is 0 Å². The molecule has 10 unspecified atom stereocenters. The Labute approximate surface area is 282 Å². The van der Waals surface area contributed by atoms with Crippen LogP contribution in [0.15, 0.2) is 0 Å². The number of nitrogens with one attached hydrogen (secondary N) is 1. The lowest BCUT2D eigenvalue weighted by Crippen LogP contribution is -2.66. The Balaban J connectivity index is 0.000000470. The highest BCUT2D eigenvalue weighted by molar-refractivity contribution is 5.73. The summed E-state index contributed by atoms with van der Waals surface area (Å²) < 4.78 is 41.2. The lowest BCUT2D eigenvalue weighted by Gasteiger charge is -2.48. The van der Waals surface area contributed by atoms with Gasteiger partial charge in [-0.15, -0.1) is 0 Å². The molecule has 2 aliphatic rings. The Morgan fingerprint density at radius 3 is 1.28 bits per heavy atom. The third-order valence-corrected chi connectivity index (χ3v) is 6.43. The minimum atomic E-state index is -1.07. The summed E-state index contributed by atoms with van der Waals surface area (Å²) in [5, 5.41) is 43.5. The van der Waals surface area contributed by atoms with Crippen molar-refractivity contribution in [2.45, 2.75) is 200 Å². The highest BCUT2D eigenvalue weighted by Gasteiger charge is 2.51. The Morgan fingerprint density at radius 1 is 0.553 bits per heavy atom. The molecule has 2 saturated heterocycles. The van der Waals surface area contributed by atoms with Gasteiger partial charge in [-0.3, -0.25) is 4.79 Å². The number of hydrogen-bond acceptors (Lipinski definition) is 12. The summed E-state index contributed by atoms with van der Waals surface area (Å²) in [6, 6.07) is -0.790. The van der Waals surface area contributed by atoms with Gasteiger partial charge >= 0.3 is 0 Å². The van der Waals surface area contributed by atoms with E-state index in [9.17, 15) is 25.2 Å². The monoisotopic (exact) mass is 681 g/mol. The Hall–Kier alpha value is -0.970. The minimum absolute atomic E-state index is 0.249. The third kappa shape index (κ3) is 16.1. The second kappa shape index (κ2) is 16.8. The average molecular weight is 682 g/mol. The van der Waals surface area contributed by atoms with Crippen LogP contribution in [0.2, 0.25) is 0 Å². The second-order valence-electron chi connectivity index (χ2n) is 17.2. The van der Waals surface area contributed by atoms with E-state index in [0.717, 1.165) is 0 Å². The lowest BCUT2D eigenvalue weighted by molar-refractivity contribution is -0.347. The molecule has 47 heavy (non-hydrogen) atoms. The topological polar surface area (TPSA) is 175 Å². The van der Waals surface area contributed by atoms with Gasteiger partial charge in [-0.25, -0.2) is 0 Å². The van der Waals surface area contributed by atoms with Gasteiger partial charge in [0.2, 0.25) is 5.91 Å². The number of aliphatic hydroxyl groups is 4. The van der Waals surface area contributed by atoms with E-state index in [1.165, 1.54) is 6.92 Å². The average Bonchev–Trinajstić information content (AvgIpc) is 2.83. The van der Waals surface area contributed by atoms with Crippen LogP contribution < -0.4 is 5.32 Å². The number of carbonyl (C=O) groups is 1. The molecule has 1 amide bonds. The number of amides is 1. The van der Waals surface area contributed by atoms with E-state index in [1.807, 2.05) is 104 Å². The van der Waals surface area contributed by atoms with Gasteiger partial charge in [0.15, 0.2) is 12.6 Å². The lowest BCUT2D eigenvalue weighted by atomic mass is 9.95. The molecule has 0 aromatic rings. The Bertz CT molecular complexity index is 943. The molecule has 0 aliphatic carbocycles. The van der Waals surface area contributed by atoms with Gasteiger partial charge in [-0.2, -0.15) is 0 Å². The van der Waals surface area contributed by atoms with E-state index in [4.69, 9.17) is 33.2 Å². The van der Waals surface area contributed by atoms with Gasteiger partial charge in [0.05, 0.1) is 41.2 Å². The zero-order valence-electron chi connectivity index (χ0n) is 31.7. The predicted molar refractivity (Wildman–Crippen MR) is 177 cm³/mol. The van der Waals surface area contributed by atoms with Gasteiger partial charge in [-0.1, -0.05) is 0 Å². The minimum Gasteiger partial charge on any atom is -0.394 e. The number of aliphatic hydroxyl groups excluding tert-OH is 4. The molecular formula is C34H67NO12. The highest BCUT2D eigenvalue weighted by Crippen LogP contribution is 2.34. The maximum atomic E-state index is 11.5. The molecule has 0 aromatic heterocycles. The molecule has 5 N–H and O–H groups in total. The van der Waals surface area contributed by atoms with Crippen LogP contribution in [0.25, 0.3) is 0 Å². The largest absolute Gasteiger partial charge is 0.394 e. The summed E-state index contributed by atoms with van der Waals surface area (Å²) in [5.74, 6) is -0.308. The SMILES string of the molecule is CC(=O)NC1C(OC(C)(C)C)OC(CO)C(OC(C)(C)C)C1O.CC(C)(C)OC1OC(CO)C(OC(C)(C)C)C(OC(C)(C)C)C1O. The molecule has 2 aliphatic heterocycles. The maximum Gasteiger partial charge on any atom is 0.217 e. The van der Waals surface area contributed by atoms with Gasteiger partial charge in [-0.05, 0) is 104 Å². The highest BCUT2D eigenvalue weighted by atomic mass is 16.7. The molecule has 2 heterocycles. The number of rotatable bonds is 8. The van der Waals surface area contributed by atoms with Crippen LogP contribution >= 0.6 is 0 Å². The van der Waals surface area contributed by atoms with Crippen molar-refractivity contribution in [3.8, 4) is 0 Å². The molecule has 0 aromatic carbocycles. The van der Waals surface area contributed by atoms with Gasteiger partial charge < -0.3 is 58.9 Å². The van der Waals surface area contributed by atoms with Crippen molar-refractivity contribution in [2.24, 2.45) is 0 Å². The number of hydrogen-bond donors (Lipinski definition) is 5. The van der Waals surface area contributed by atoms with Crippen LogP contribution in [-0.2, 0) is 38.0 Å². The first kappa shape index (κ1) is 44.1. The van der Waals surface area contributed by atoms with E-state index in [0.29, 0.717) is 0 Å². The van der Waals surface area contributed by atoms with Crippen LogP contribution in [0, 0.1) is 0 Å². The molecule has 0 radical (unpaired) electrons. The molecular weight excluding hydrogens is 614 g/mol. The smallest absolute Gasteiger partial charge is 0.217 e. The summed E-state index contributed by atoms with van der Waals surface area (Å²) in [5.41, 5.74) is -2.55. The predicted octanol–water partition coefficient (Wildman–Crippen LogP) is 2.82. The molecule has 0 saturated carbocycles. The van der Waals surface area contributed by atoms with E-state index >= 15 is 0 Å². The standard InChI is InChI=1S/C18H36O6.C16H31NO6/c1-16(2,3)22-13-11(10-19)21-15(24-18(7,8)9)12(20)14(13)23-17(4,5)6;1-9(19)17-11-12(20)13(22-15(2,3)4)10(8-18)21-14(11)23-16(5,6)7/h11-15,19-20H,10H2,1-9H3;10-14,18,20H,8H2,1-7H3,(H,17,19). The van der Waals surface area contributed by atoms with Crippen LogP contribution in [0.5, 0.6) is 0 Å². The van der Waals surface area contributed by atoms with Gasteiger partial charge in [0, 0.05) is 6.92 Å². The van der Waals surface area contributed by atoms with Crippen molar-refractivity contribution in [1.82, 2.24) is 5.32 Å². The first-order chi connectivity index (χ1) is 21.0. The molecule has 0 spiro atoms. The summed E-state index contributed by atoms with van der Waals surface area (Å²) in [4.78, 5) is 11.5. The van der Waals surface area contributed by atoms with Crippen molar-refractivity contribution < 1.29 is 58.4 Å². The fraction of sp³-hybridized carbons (Fsp3) is 0.971. The summed E-state index contributed by atoms with van der Waals surface area (Å²) in [6.07, 6.45) is -7.34. The molecule has 13 heteroatoms. The van der Waals surface area contributed by atoms with Crippen LogP contribution in [-0.4, -0.2) is 129 Å². The summed E-state index contributed by atoms with van der Waals surface area (Å²) in [7, 11) is 0. The van der Waals surface area contributed by atoms with E-state index in [2.05, 4.69) is 5.32 Å². The van der Waals surface area contributed by atoms with Crippen LogP contribution in [0.1, 0.15) is 111 Å². The molecule has 280 valence electrons. The van der Waals surface area contributed by atoms with Crippen LogP contribution in [0.3, 0.4) is 0 Å². The number of carbonyl (C=O) groups excluding carboxylic acids is 1. The molecule has 13 nitrogen and oxygen atoms in total. The maximum absolute atomic E-state index is 11.5. The quantitative estimate of drug-likeness (QED) is 0.254. The van der Waals surface area contributed by atoms with Crippen molar-refractivity contribution >= 4 is 5.91 Å². The Morgan fingerprint density at radius 2 is 0.894 bits per heavy atom. The first-order valence-corrected chi connectivity index (χ1v) is 16.5. The normalized spacial score (nSPS) is 32.8. The van der Waals surface area contributed by atoms with Gasteiger partial charge in [0.1, 0.15) is 48.8 Å². The molecule has 2 fully saturated rings. The van der Waals surface area contributed by atoms with Crippen LogP contribution in [0.4, 0.5) is 0 Å². The van der Waals surface area contributed by atoms with Crippen molar-refractivity contribution in [2.75, 3.05) is 13.2 Å². The van der Waals surface area contributed by atoms with E-state index in [-0.39, 0.29) is 19.1 Å². The van der Waals surface area contributed by atoms with Crippen molar-refractivity contribution in [1.29, 1.82) is 0 Å². The van der Waals surface area contributed by atoms with Crippen molar-refractivity contribution in [3.05, 3.63) is 0 Å². The summed E-state index contributed by atoms with van der Waals surface area (Å²) in [6.45, 7) is 29.0. The number of ether oxygens (including phenoxy) is 7. The summed E-state index contributed by atoms with van der Waals surface area (Å²) >= 11 is 0. The first-order valence-electron chi connectivity index (χ1n) is 16.5. The zero-order chi connectivity index (χ0) is 36.9. The van der Waals surface area contributed by atoms with Gasteiger partial charge in [0.25, 0.3) is 0 Å².